The molecule has 0 unspecified atom stereocenters. The second kappa shape index (κ2) is 6.74. The number of nitriles is 1. The van der Waals surface area contributed by atoms with Crippen LogP contribution in [0, 0.1) is 11.3 Å². The summed E-state index contributed by atoms with van der Waals surface area (Å²) in [6.45, 7) is 9.54. The molecule has 0 amide bonds. The Bertz CT molecular complexity index is 445. The summed E-state index contributed by atoms with van der Waals surface area (Å²) in [7, 11) is 0. The Morgan fingerprint density at radius 2 is 1.80 bits per heavy atom. The first-order chi connectivity index (χ1) is 9.62. The molecule has 1 aromatic carbocycles. The highest BCUT2D eigenvalue weighted by Gasteiger charge is 2.29. The van der Waals surface area contributed by atoms with Crippen molar-refractivity contribution in [3.63, 3.8) is 0 Å². The molecule has 0 radical (unpaired) electrons. The van der Waals surface area contributed by atoms with Crippen molar-refractivity contribution in [1.82, 2.24) is 9.80 Å². The third kappa shape index (κ3) is 3.96. The van der Waals surface area contributed by atoms with E-state index in [0.29, 0.717) is 6.61 Å². The second-order valence-electron chi connectivity index (χ2n) is 5.66. The minimum absolute atomic E-state index is 0.355. The molecule has 1 saturated heterocycles. The summed E-state index contributed by atoms with van der Waals surface area (Å²) in [4.78, 5) is 4.65. The number of hydrogen-bond donors (Lipinski definition) is 0. The lowest BCUT2D eigenvalue weighted by Gasteiger charge is -2.40. The van der Waals surface area contributed by atoms with Gasteiger partial charge in [-0.25, -0.2) is 0 Å². The molecule has 1 aliphatic rings. The number of rotatable bonds is 5. The third-order valence-electron chi connectivity index (χ3n) is 3.86. The predicted octanol–water partition coefficient (Wildman–Crippen LogP) is 1.99. The standard InChI is InChI=1S/C16H23N3O/c1-16(2,14-17)19-10-8-18(9-11-19)12-13-20-15-6-4-3-5-7-15/h3-7H,8-13H2,1-2H3. The van der Waals surface area contributed by atoms with Crippen LogP contribution in [0.25, 0.3) is 0 Å². The van der Waals surface area contributed by atoms with Gasteiger partial charge in [0.05, 0.1) is 6.07 Å². The van der Waals surface area contributed by atoms with Crippen molar-refractivity contribution in [1.29, 1.82) is 5.26 Å². The first kappa shape index (κ1) is 14.8. The molecule has 20 heavy (non-hydrogen) atoms. The number of para-hydroxylation sites is 1. The topological polar surface area (TPSA) is 39.5 Å². The van der Waals surface area contributed by atoms with Crippen molar-refractivity contribution < 1.29 is 4.74 Å². The van der Waals surface area contributed by atoms with Crippen LogP contribution in [0.1, 0.15) is 13.8 Å². The van der Waals surface area contributed by atoms with Gasteiger partial charge in [-0.05, 0) is 26.0 Å². The average molecular weight is 273 g/mol. The smallest absolute Gasteiger partial charge is 0.119 e. The number of ether oxygens (including phenoxy) is 1. The summed E-state index contributed by atoms with van der Waals surface area (Å²) in [5.41, 5.74) is -0.355. The molecule has 2 rings (SSSR count). The maximum Gasteiger partial charge on any atom is 0.119 e. The Morgan fingerprint density at radius 1 is 1.15 bits per heavy atom. The Morgan fingerprint density at radius 3 is 2.40 bits per heavy atom. The fourth-order valence-corrected chi connectivity index (χ4v) is 2.41. The predicted molar refractivity (Wildman–Crippen MR) is 79.6 cm³/mol. The number of piperazine rings is 1. The molecular weight excluding hydrogens is 250 g/mol. The minimum atomic E-state index is -0.355. The molecule has 108 valence electrons. The Hall–Kier alpha value is -1.57. The SMILES string of the molecule is CC(C)(C#N)N1CCN(CCOc2ccccc2)CC1. The molecule has 0 aromatic heterocycles. The third-order valence-corrected chi connectivity index (χ3v) is 3.86. The highest BCUT2D eigenvalue weighted by molar-refractivity contribution is 5.20. The molecule has 1 heterocycles. The quantitative estimate of drug-likeness (QED) is 0.822. The molecule has 4 heteroatoms. The van der Waals surface area contributed by atoms with Crippen LogP contribution in [0.5, 0.6) is 5.75 Å². The molecule has 0 bridgehead atoms. The van der Waals surface area contributed by atoms with Crippen molar-refractivity contribution in [3.8, 4) is 11.8 Å². The van der Waals surface area contributed by atoms with E-state index >= 15 is 0 Å². The summed E-state index contributed by atoms with van der Waals surface area (Å²) in [6.07, 6.45) is 0. The van der Waals surface area contributed by atoms with Gasteiger partial charge in [-0.2, -0.15) is 5.26 Å². The highest BCUT2D eigenvalue weighted by Crippen LogP contribution is 2.15. The molecule has 0 saturated carbocycles. The van der Waals surface area contributed by atoms with Gasteiger partial charge in [0.25, 0.3) is 0 Å². The normalized spacial score (nSPS) is 17.6. The van der Waals surface area contributed by atoms with Crippen molar-refractivity contribution >= 4 is 0 Å². The lowest BCUT2D eigenvalue weighted by Crippen LogP contribution is -2.54. The first-order valence-corrected chi connectivity index (χ1v) is 7.18. The molecule has 4 nitrogen and oxygen atoms in total. The summed E-state index contributed by atoms with van der Waals surface area (Å²) < 4.78 is 5.72. The second-order valence-corrected chi connectivity index (χ2v) is 5.66. The Labute approximate surface area is 121 Å². The van der Waals surface area contributed by atoms with Gasteiger partial charge in [-0.15, -0.1) is 0 Å². The lowest BCUT2D eigenvalue weighted by molar-refractivity contribution is 0.0725. The Balaban J connectivity index is 1.69. The molecule has 1 fully saturated rings. The van der Waals surface area contributed by atoms with Crippen LogP contribution in [-0.2, 0) is 0 Å². The van der Waals surface area contributed by atoms with Gasteiger partial charge in [0.1, 0.15) is 17.9 Å². The maximum atomic E-state index is 9.15. The Kier molecular flexibility index (Phi) is 4.99. The van der Waals surface area contributed by atoms with Crippen LogP contribution >= 0.6 is 0 Å². The van der Waals surface area contributed by atoms with Crippen molar-refractivity contribution in [3.05, 3.63) is 30.3 Å². The van der Waals surface area contributed by atoms with E-state index in [1.165, 1.54) is 0 Å². The van der Waals surface area contributed by atoms with Crippen LogP contribution in [0.4, 0.5) is 0 Å². The highest BCUT2D eigenvalue weighted by atomic mass is 16.5. The van der Waals surface area contributed by atoms with E-state index in [9.17, 15) is 0 Å². The van der Waals surface area contributed by atoms with E-state index in [-0.39, 0.29) is 5.54 Å². The van der Waals surface area contributed by atoms with Gasteiger partial charge in [-0.1, -0.05) is 18.2 Å². The summed E-state index contributed by atoms with van der Waals surface area (Å²) >= 11 is 0. The zero-order valence-electron chi connectivity index (χ0n) is 12.4. The number of benzene rings is 1. The summed E-state index contributed by atoms with van der Waals surface area (Å²) in [6, 6.07) is 12.3. The van der Waals surface area contributed by atoms with E-state index in [1.807, 2.05) is 44.2 Å². The van der Waals surface area contributed by atoms with Crippen molar-refractivity contribution in [2.45, 2.75) is 19.4 Å². The van der Waals surface area contributed by atoms with E-state index in [0.717, 1.165) is 38.5 Å². The van der Waals surface area contributed by atoms with Crippen LogP contribution in [0.2, 0.25) is 0 Å². The molecule has 0 aliphatic carbocycles. The fraction of sp³-hybridized carbons (Fsp3) is 0.562. The summed E-state index contributed by atoms with van der Waals surface area (Å²) in [5.74, 6) is 0.928. The zero-order chi connectivity index (χ0) is 14.4. The van der Waals surface area contributed by atoms with Gasteiger partial charge >= 0.3 is 0 Å². The monoisotopic (exact) mass is 273 g/mol. The van der Waals surface area contributed by atoms with Crippen LogP contribution in [0.3, 0.4) is 0 Å². The van der Waals surface area contributed by atoms with E-state index in [2.05, 4.69) is 15.9 Å². The van der Waals surface area contributed by atoms with Gasteiger partial charge < -0.3 is 4.74 Å². The molecule has 0 atom stereocenters. The molecule has 0 spiro atoms. The van der Waals surface area contributed by atoms with E-state index in [4.69, 9.17) is 10.00 Å². The van der Waals surface area contributed by atoms with Crippen molar-refractivity contribution in [2.24, 2.45) is 0 Å². The maximum absolute atomic E-state index is 9.15. The van der Waals surface area contributed by atoms with Crippen LogP contribution in [-0.4, -0.2) is 54.7 Å². The first-order valence-electron chi connectivity index (χ1n) is 7.18. The zero-order valence-corrected chi connectivity index (χ0v) is 12.4. The van der Waals surface area contributed by atoms with E-state index < -0.39 is 0 Å². The molecular formula is C16H23N3O. The van der Waals surface area contributed by atoms with Gasteiger partial charge in [0, 0.05) is 32.7 Å². The minimum Gasteiger partial charge on any atom is -0.492 e. The fourth-order valence-electron chi connectivity index (χ4n) is 2.41. The van der Waals surface area contributed by atoms with Gasteiger partial charge in [0.2, 0.25) is 0 Å². The van der Waals surface area contributed by atoms with Gasteiger partial charge in [-0.3, -0.25) is 9.80 Å². The largest absolute Gasteiger partial charge is 0.492 e. The van der Waals surface area contributed by atoms with Crippen LogP contribution in [0.15, 0.2) is 30.3 Å². The number of nitrogens with zero attached hydrogens (tertiary/aromatic N) is 3. The van der Waals surface area contributed by atoms with Crippen molar-refractivity contribution in [2.75, 3.05) is 39.3 Å². The molecule has 1 aromatic rings. The van der Waals surface area contributed by atoms with E-state index in [1.54, 1.807) is 0 Å². The molecule has 0 N–H and O–H groups in total. The summed E-state index contributed by atoms with van der Waals surface area (Å²) in [5, 5.41) is 9.15. The molecule has 1 aliphatic heterocycles. The van der Waals surface area contributed by atoms with Crippen LogP contribution < -0.4 is 4.74 Å². The lowest BCUT2D eigenvalue weighted by atomic mass is 10.0. The van der Waals surface area contributed by atoms with Gasteiger partial charge in [0.15, 0.2) is 0 Å². The number of hydrogen-bond acceptors (Lipinski definition) is 4. The average Bonchev–Trinajstić information content (AvgIpc) is 2.49.